The summed E-state index contributed by atoms with van der Waals surface area (Å²) >= 11 is 0. The van der Waals surface area contributed by atoms with Gasteiger partial charge in [0.25, 0.3) is 5.91 Å². The van der Waals surface area contributed by atoms with Crippen molar-refractivity contribution < 1.29 is 14.3 Å². The molecule has 1 saturated heterocycles. The monoisotopic (exact) mass is 291 g/mol. The molecule has 6 nitrogen and oxygen atoms in total. The van der Waals surface area contributed by atoms with Gasteiger partial charge in [0.15, 0.2) is 6.61 Å². The van der Waals surface area contributed by atoms with Crippen LogP contribution in [0.4, 0.5) is 5.69 Å². The van der Waals surface area contributed by atoms with Gasteiger partial charge in [0.1, 0.15) is 5.75 Å². The standard InChI is InChI=1S/C15H21N3O3/c16-14(19)10-21-13-5-3-12(4-6-13)18-15(20)8-11-2-1-7-17-9-11/h3-6,11,17H,1-2,7-10H2,(H2,16,19)(H,18,20). The molecule has 114 valence electrons. The van der Waals surface area contributed by atoms with E-state index in [2.05, 4.69) is 10.6 Å². The summed E-state index contributed by atoms with van der Waals surface area (Å²) in [5.74, 6) is 0.461. The Labute approximate surface area is 124 Å². The van der Waals surface area contributed by atoms with E-state index in [-0.39, 0.29) is 12.5 Å². The van der Waals surface area contributed by atoms with Crippen LogP contribution >= 0.6 is 0 Å². The highest BCUT2D eigenvalue weighted by molar-refractivity contribution is 5.90. The third-order valence-electron chi connectivity index (χ3n) is 3.39. The fraction of sp³-hybridized carbons (Fsp3) is 0.467. The Hall–Kier alpha value is -2.08. The summed E-state index contributed by atoms with van der Waals surface area (Å²) in [4.78, 5) is 22.6. The van der Waals surface area contributed by atoms with E-state index >= 15 is 0 Å². The van der Waals surface area contributed by atoms with Crippen LogP contribution in [0.5, 0.6) is 5.75 Å². The number of carbonyl (C=O) groups excluding carboxylic acids is 2. The molecule has 4 N–H and O–H groups in total. The molecule has 6 heteroatoms. The maximum Gasteiger partial charge on any atom is 0.255 e. The van der Waals surface area contributed by atoms with Crippen molar-refractivity contribution in [2.75, 3.05) is 25.0 Å². The van der Waals surface area contributed by atoms with Gasteiger partial charge in [0.05, 0.1) is 0 Å². The number of hydrogen-bond acceptors (Lipinski definition) is 4. The molecule has 1 aliphatic heterocycles. The van der Waals surface area contributed by atoms with E-state index in [4.69, 9.17) is 10.5 Å². The van der Waals surface area contributed by atoms with Gasteiger partial charge < -0.3 is 21.1 Å². The average Bonchev–Trinajstić information content (AvgIpc) is 2.47. The zero-order valence-electron chi connectivity index (χ0n) is 11.9. The molecule has 1 aromatic carbocycles. The molecule has 0 aromatic heterocycles. The first-order valence-corrected chi connectivity index (χ1v) is 7.15. The number of ether oxygens (including phenoxy) is 1. The summed E-state index contributed by atoms with van der Waals surface area (Å²) < 4.78 is 5.15. The molecule has 21 heavy (non-hydrogen) atoms. The number of primary amides is 1. The number of piperidine rings is 1. The van der Waals surface area contributed by atoms with E-state index in [0.717, 1.165) is 31.6 Å². The fourth-order valence-electron chi connectivity index (χ4n) is 2.36. The maximum absolute atomic E-state index is 11.9. The van der Waals surface area contributed by atoms with Crippen molar-refractivity contribution in [3.8, 4) is 5.75 Å². The van der Waals surface area contributed by atoms with Gasteiger partial charge in [0, 0.05) is 12.1 Å². The quantitative estimate of drug-likeness (QED) is 0.725. The lowest BCUT2D eigenvalue weighted by molar-refractivity contribution is -0.120. The molecule has 0 radical (unpaired) electrons. The molecule has 1 aromatic rings. The molecule has 1 atom stereocenters. The highest BCUT2D eigenvalue weighted by Crippen LogP contribution is 2.18. The van der Waals surface area contributed by atoms with Gasteiger partial charge in [-0.05, 0) is 56.1 Å². The largest absolute Gasteiger partial charge is 0.484 e. The minimum atomic E-state index is -0.520. The third-order valence-corrected chi connectivity index (χ3v) is 3.39. The Bertz CT molecular complexity index is 481. The van der Waals surface area contributed by atoms with E-state index in [1.54, 1.807) is 24.3 Å². The van der Waals surface area contributed by atoms with Crippen molar-refractivity contribution in [3.63, 3.8) is 0 Å². The first kappa shape index (κ1) is 15.3. The predicted molar refractivity (Wildman–Crippen MR) is 80.0 cm³/mol. The van der Waals surface area contributed by atoms with Crippen molar-refractivity contribution in [2.24, 2.45) is 11.7 Å². The van der Waals surface area contributed by atoms with Crippen LogP contribution in [0.3, 0.4) is 0 Å². The molecule has 1 fully saturated rings. The van der Waals surface area contributed by atoms with Crippen LogP contribution < -0.4 is 21.1 Å². The Morgan fingerprint density at radius 2 is 2.10 bits per heavy atom. The SMILES string of the molecule is NC(=O)COc1ccc(NC(=O)CC2CCCNC2)cc1. The summed E-state index contributed by atoms with van der Waals surface area (Å²) in [6, 6.07) is 6.88. The third kappa shape index (κ3) is 5.43. The van der Waals surface area contributed by atoms with Gasteiger partial charge in [-0.1, -0.05) is 0 Å². The number of anilines is 1. The van der Waals surface area contributed by atoms with Crippen LogP contribution in [0, 0.1) is 5.92 Å². The summed E-state index contributed by atoms with van der Waals surface area (Å²) in [6.07, 6.45) is 2.76. The first-order valence-electron chi connectivity index (χ1n) is 7.15. The minimum Gasteiger partial charge on any atom is -0.484 e. The number of amides is 2. The van der Waals surface area contributed by atoms with Gasteiger partial charge in [-0.2, -0.15) is 0 Å². The summed E-state index contributed by atoms with van der Waals surface area (Å²) in [6.45, 7) is 1.80. The summed E-state index contributed by atoms with van der Waals surface area (Å²) in [5, 5.41) is 6.17. The van der Waals surface area contributed by atoms with Gasteiger partial charge in [-0.3, -0.25) is 9.59 Å². The van der Waals surface area contributed by atoms with Crippen LogP contribution in [0.15, 0.2) is 24.3 Å². The molecule has 1 heterocycles. The second-order valence-electron chi connectivity index (χ2n) is 5.24. The van der Waals surface area contributed by atoms with E-state index in [1.165, 1.54) is 0 Å². The first-order chi connectivity index (χ1) is 10.1. The predicted octanol–water partition coefficient (Wildman–Crippen LogP) is 0.879. The molecule has 1 unspecified atom stereocenters. The van der Waals surface area contributed by atoms with Crippen molar-refractivity contribution in [1.82, 2.24) is 5.32 Å². The van der Waals surface area contributed by atoms with E-state index < -0.39 is 5.91 Å². The molecule has 0 spiro atoms. The van der Waals surface area contributed by atoms with Crippen LogP contribution in [0.2, 0.25) is 0 Å². The van der Waals surface area contributed by atoms with Crippen molar-refractivity contribution >= 4 is 17.5 Å². The summed E-state index contributed by atoms with van der Waals surface area (Å²) in [5.41, 5.74) is 5.72. The van der Waals surface area contributed by atoms with E-state index in [1.807, 2.05) is 0 Å². The van der Waals surface area contributed by atoms with Crippen LogP contribution in [-0.4, -0.2) is 31.5 Å². The van der Waals surface area contributed by atoms with E-state index in [9.17, 15) is 9.59 Å². The second-order valence-corrected chi connectivity index (χ2v) is 5.24. The van der Waals surface area contributed by atoms with Crippen molar-refractivity contribution in [3.05, 3.63) is 24.3 Å². The van der Waals surface area contributed by atoms with Gasteiger partial charge in [-0.25, -0.2) is 0 Å². The number of carbonyl (C=O) groups is 2. The molecular weight excluding hydrogens is 270 g/mol. The number of nitrogens with two attached hydrogens (primary N) is 1. The lowest BCUT2D eigenvalue weighted by Gasteiger charge is -2.22. The normalized spacial score (nSPS) is 18.0. The zero-order valence-corrected chi connectivity index (χ0v) is 11.9. The van der Waals surface area contributed by atoms with Crippen molar-refractivity contribution in [1.29, 1.82) is 0 Å². The Morgan fingerprint density at radius 1 is 1.33 bits per heavy atom. The summed E-state index contributed by atoms with van der Waals surface area (Å²) in [7, 11) is 0. The molecule has 0 saturated carbocycles. The van der Waals surface area contributed by atoms with Gasteiger partial charge >= 0.3 is 0 Å². The lowest BCUT2D eigenvalue weighted by atomic mass is 9.96. The van der Waals surface area contributed by atoms with Crippen molar-refractivity contribution in [2.45, 2.75) is 19.3 Å². The highest BCUT2D eigenvalue weighted by Gasteiger charge is 2.16. The molecule has 1 aliphatic rings. The highest BCUT2D eigenvalue weighted by atomic mass is 16.5. The molecular formula is C15H21N3O3. The Kier molecular flexibility index (Phi) is 5.57. The minimum absolute atomic E-state index is 0.0227. The number of hydrogen-bond donors (Lipinski definition) is 3. The van der Waals surface area contributed by atoms with Gasteiger partial charge in [0.2, 0.25) is 5.91 Å². The smallest absolute Gasteiger partial charge is 0.255 e. The Morgan fingerprint density at radius 3 is 2.71 bits per heavy atom. The Balaban J connectivity index is 1.79. The number of rotatable bonds is 6. The number of nitrogens with one attached hydrogen (secondary N) is 2. The molecule has 2 rings (SSSR count). The van der Waals surface area contributed by atoms with Crippen LogP contribution in [-0.2, 0) is 9.59 Å². The second kappa shape index (κ2) is 7.64. The number of benzene rings is 1. The molecule has 2 amide bonds. The van der Waals surface area contributed by atoms with Gasteiger partial charge in [-0.15, -0.1) is 0 Å². The van der Waals surface area contributed by atoms with Crippen LogP contribution in [0.25, 0.3) is 0 Å². The maximum atomic E-state index is 11.9. The topological polar surface area (TPSA) is 93.5 Å². The average molecular weight is 291 g/mol. The molecule has 0 bridgehead atoms. The fourth-order valence-corrected chi connectivity index (χ4v) is 2.36. The van der Waals surface area contributed by atoms with E-state index in [0.29, 0.717) is 18.1 Å². The zero-order chi connectivity index (χ0) is 15.1. The lowest BCUT2D eigenvalue weighted by Crippen LogP contribution is -2.32. The molecule has 0 aliphatic carbocycles. The van der Waals surface area contributed by atoms with Crippen LogP contribution in [0.1, 0.15) is 19.3 Å².